The van der Waals surface area contributed by atoms with Crippen LogP contribution in [0.1, 0.15) is 43.6 Å². The molecule has 4 rings (SSSR count). The monoisotopic (exact) mass is 526 g/mol. The van der Waals surface area contributed by atoms with Gasteiger partial charge in [-0.25, -0.2) is 4.79 Å². The van der Waals surface area contributed by atoms with E-state index in [0.29, 0.717) is 29.5 Å². The molecule has 37 heavy (non-hydrogen) atoms. The number of nitrogens with one attached hydrogen (secondary N) is 1. The number of nitrogen functional groups attached to an aromatic ring is 1. The molecule has 0 bridgehead atoms. The van der Waals surface area contributed by atoms with Gasteiger partial charge in [0.05, 0.1) is 12.0 Å². The lowest BCUT2D eigenvalue weighted by molar-refractivity contribution is -0.150. The fourth-order valence-electron chi connectivity index (χ4n) is 4.27. The molecule has 8 nitrogen and oxygen atoms in total. The quantitative estimate of drug-likeness (QED) is 0.294. The van der Waals surface area contributed by atoms with Gasteiger partial charge in [0.1, 0.15) is 18.0 Å². The molecule has 2 amide bonds. The lowest BCUT2D eigenvalue weighted by Gasteiger charge is -2.43. The molecule has 3 N–H and O–H groups in total. The average Bonchev–Trinajstić information content (AvgIpc) is 3.17. The number of amides is 2. The number of rotatable bonds is 9. The van der Waals surface area contributed by atoms with Gasteiger partial charge in [-0.2, -0.15) is 0 Å². The molecular formula is C28H38N4O4S. The van der Waals surface area contributed by atoms with Crippen LogP contribution in [0, 0.1) is 0 Å². The Morgan fingerprint density at radius 3 is 2.32 bits per heavy atom. The minimum atomic E-state index is -0.344. The van der Waals surface area contributed by atoms with Gasteiger partial charge in [-0.3, -0.25) is 9.59 Å². The zero-order valence-corrected chi connectivity index (χ0v) is 22.9. The Bertz CT molecular complexity index is 1050. The number of β-lactam (4-membered cyclic amide) rings is 1. The molecule has 2 fully saturated rings. The van der Waals surface area contributed by atoms with Gasteiger partial charge >= 0.3 is 5.97 Å². The molecule has 0 spiro atoms. The maximum atomic E-state index is 12.1. The highest BCUT2D eigenvalue weighted by Crippen LogP contribution is 2.43. The highest BCUT2D eigenvalue weighted by molar-refractivity contribution is 8.01. The zero-order chi connectivity index (χ0) is 26.9. The summed E-state index contributed by atoms with van der Waals surface area (Å²) >= 11 is 1.77. The first-order valence-corrected chi connectivity index (χ1v) is 13.7. The number of likely N-dealkylation sites (N-methyl/N-ethyl adjacent to an activating group) is 1. The van der Waals surface area contributed by atoms with E-state index in [4.69, 9.17) is 10.5 Å². The number of anilines is 1. The van der Waals surface area contributed by atoms with E-state index in [1.54, 1.807) is 36.0 Å². The number of carbonyl (C=O) groups is 3. The van der Waals surface area contributed by atoms with Crippen molar-refractivity contribution in [3.63, 3.8) is 0 Å². The number of nitrogens with zero attached hydrogens (tertiary/aromatic N) is 2. The highest BCUT2D eigenvalue weighted by atomic mass is 32.2. The van der Waals surface area contributed by atoms with Crippen LogP contribution >= 0.6 is 11.8 Å². The minimum Gasteiger partial charge on any atom is -0.461 e. The van der Waals surface area contributed by atoms with Crippen LogP contribution in [0.5, 0.6) is 0 Å². The van der Waals surface area contributed by atoms with Crippen LogP contribution in [-0.4, -0.2) is 76.5 Å². The van der Waals surface area contributed by atoms with E-state index in [9.17, 15) is 14.4 Å². The second-order valence-electron chi connectivity index (χ2n) is 9.21. The third-order valence-corrected chi connectivity index (χ3v) is 8.36. The Morgan fingerprint density at radius 2 is 1.70 bits per heavy atom. The lowest BCUT2D eigenvalue weighted by Crippen LogP contribution is -2.69. The second-order valence-corrected chi connectivity index (χ2v) is 10.7. The third kappa shape index (κ3) is 7.49. The van der Waals surface area contributed by atoms with Crippen molar-refractivity contribution in [3.05, 3.63) is 65.7 Å². The summed E-state index contributed by atoms with van der Waals surface area (Å²) in [5.41, 5.74) is 7.69. The number of thioether (sulfide) groups is 1. The van der Waals surface area contributed by atoms with Crippen molar-refractivity contribution >= 4 is 35.2 Å². The highest BCUT2D eigenvalue weighted by Gasteiger charge is 2.56. The van der Waals surface area contributed by atoms with Crippen LogP contribution in [0.25, 0.3) is 0 Å². The smallest absolute Gasteiger partial charge is 0.338 e. The van der Waals surface area contributed by atoms with Gasteiger partial charge in [0.25, 0.3) is 0 Å². The molecule has 0 radical (unpaired) electrons. The topological polar surface area (TPSA) is 105 Å². The first kappa shape index (κ1) is 28.5. The first-order chi connectivity index (χ1) is 17.7. The predicted octanol–water partition coefficient (Wildman–Crippen LogP) is 3.17. The van der Waals surface area contributed by atoms with E-state index < -0.39 is 0 Å². The van der Waals surface area contributed by atoms with Gasteiger partial charge in [0.2, 0.25) is 11.8 Å². The second kappa shape index (κ2) is 13.5. The summed E-state index contributed by atoms with van der Waals surface area (Å²) < 4.78 is 5.18. The maximum absolute atomic E-state index is 12.1. The first-order valence-electron chi connectivity index (χ1n) is 12.8. The standard InChI is InChI=1S/C15H18N2O2S.C13H20N2O2/c1-9-10(2)20-15-13(14(19)17(9)15)16-12(18)8-11-6-4-3-5-7-11;1-3-15(4-2)9-10-17-13(16)11-5-7-12(14)8-6-11/h3-7,9-10,13,15H,8H2,1-2H3,(H,16,18);5-8H,3-4,9-10,14H2,1-2H3. The van der Waals surface area contributed by atoms with Crippen LogP contribution in [0.2, 0.25) is 0 Å². The maximum Gasteiger partial charge on any atom is 0.338 e. The fraction of sp³-hybridized carbons (Fsp3) is 0.464. The third-order valence-electron chi connectivity index (χ3n) is 6.76. The van der Waals surface area contributed by atoms with Crippen molar-refractivity contribution in [2.75, 3.05) is 32.0 Å². The molecule has 2 aromatic rings. The van der Waals surface area contributed by atoms with Crippen molar-refractivity contribution in [2.24, 2.45) is 0 Å². The van der Waals surface area contributed by atoms with Crippen molar-refractivity contribution in [1.82, 2.24) is 15.1 Å². The molecule has 4 atom stereocenters. The summed E-state index contributed by atoms with van der Waals surface area (Å²) in [7, 11) is 0. The van der Waals surface area contributed by atoms with E-state index in [0.717, 1.165) is 25.2 Å². The molecule has 2 aromatic carbocycles. The van der Waals surface area contributed by atoms with Gasteiger partial charge in [0.15, 0.2) is 0 Å². The summed E-state index contributed by atoms with van der Waals surface area (Å²) in [5.74, 6) is -0.320. The van der Waals surface area contributed by atoms with Gasteiger partial charge in [-0.1, -0.05) is 51.1 Å². The van der Waals surface area contributed by atoms with Crippen molar-refractivity contribution in [3.8, 4) is 0 Å². The minimum absolute atomic E-state index is 0.0563. The number of hydrogen-bond donors (Lipinski definition) is 2. The Balaban J connectivity index is 0.000000209. The van der Waals surface area contributed by atoms with Gasteiger partial charge < -0.3 is 25.6 Å². The lowest BCUT2D eigenvalue weighted by atomic mass is 10.0. The Morgan fingerprint density at radius 1 is 1.05 bits per heavy atom. The molecule has 4 unspecified atom stereocenters. The van der Waals surface area contributed by atoms with Crippen LogP contribution in [0.3, 0.4) is 0 Å². The van der Waals surface area contributed by atoms with E-state index in [1.165, 1.54) is 0 Å². The van der Waals surface area contributed by atoms with E-state index in [1.807, 2.05) is 35.2 Å². The van der Waals surface area contributed by atoms with Crippen LogP contribution in [-0.2, 0) is 20.7 Å². The molecule has 0 aliphatic carbocycles. The average molecular weight is 527 g/mol. The summed E-state index contributed by atoms with van der Waals surface area (Å²) in [6, 6.07) is 16.2. The largest absolute Gasteiger partial charge is 0.461 e. The molecule has 2 heterocycles. The van der Waals surface area contributed by atoms with E-state index in [-0.39, 0.29) is 35.2 Å². The van der Waals surface area contributed by atoms with Crippen LogP contribution in [0.15, 0.2) is 54.6 Å². The van der Waals surface area contributed by atoms with Crippen LogP contribution < -0.4 is 11.1 Å². The number of hydrogen-bond acceptors (Lipinski definition) is 7. The molecular weight excluding hydrogens is 488 g/mol. The normalized spacial score (nSPS) is 22.0. The van der Waals surface area contributed by atoms with Gasteiger partial charge in [0, 0.05) is 23.5 Å². The fourth-order valence-corrected chi connectivity index (χ4v) is 5.84. The number of nitrogens with two attached hydrogens (primary N) is 1. The summed E-state index contributed by atoms with van der Waals surface area (Å²) in [5, 5.41) is 3.42. The van der Waals surface area contributed by atoms with Gasteiger partial charge in [-0.15, -0.1) is 11.8 Å². The molecule has 0 saturated carbocycles. The molecule has 2 saturated heterocycles. The zero-order valence-electron chi connectivity index (χ0n) is 22.1. The van der Waals surface area contributed by atoms with Crippen LogP contribution in [0.4, 0.5) is 5.69 Å². The number of benzene rings is 2. The van der Waals surface area contributed by atoms with E-state index >= 15 is 0 Å². The Labute approximate surface area is 223 Å². The predicted molar refractivity (Wildman–Crippen MR) is 148 cm³/mol. The Hall–Kier alpha value is -3.04. The molecule has 0 aromatic heterocycles. The van der Waals surface area contributed by atoms with Gasteiger partial charge in [-0.05, 0) is 49.8 Å². The SMILES string of the molecule is CC1SC2C(NC(=O)Cc3ccccc3)C(=O)N2C1C.CCN(CC)CCOC(=O)c1ccc(N)cc1. The molecule has 200 valence electrons. The molecule has 9 heteroatoms. The Kier molecular flexibility index (Phi) is 10.4. The van der Waals surface area contributed by atoms with Crippen molar-refractivity contribution in [1.29, 1.82) is 0 Å². The number of fused-ring (bicyclic) bond motifs is 1. The molecule has 2 aliphatic rings. The number of esters is 1. The van der Waals surface area contributed by atoms with Crippen molar-refractivity contribution in [2.45, 2.75) is 56.8 Å². The number of ether oxygens (including phenoxy) is 1. The summed E-state index contributed by atoms with van der Waals surface area (Å²) in [6.07, 6.45) is 0.327. The molecule has 2 aliphatic heterocycles. The number of carbonyl (C=O) groups excluding carboxylic acids is 3. The summed E-state index contributed by atoms with van der Waals surface area (Å²) in [6.45, 7) is 11.5. The van der Waals surface area contributed by atoms with Crippen molar-refractivity contribution < 1.29 is 19.1 Å². The summed E-state index contributed by atoms with van der Waals surface area (Å²) in [4.78, 5) is 39.8. The van der Waals surface area contributed by atoms with E-state index in [2.05, 4.69) is 37.9 Å².